The van der Waals surface area contributed by atoms with Crippen LogP contribution in [0.15, 0.2) is 27.6 Å². The number of aliphatic hydroxyl groups excluding tert-OH is 2. The fourth-order valence-electron chi connectivity index (χ4n) is 8.74. The van der Waals surface area contributed by atoms with Gasteiger partial charge in [0.15, 0.2) is 0 Å². The highest BCUT2D eigenvalue weighted by molar-refractivity contribution is 5.62. The standard InChI is InChI=1S/C24H30O6/c1-22-8-7-16-17(4-3-14-10-15(26)6-9-23(14,16)12-25)24(22)21(30-24)20(28)19(22)13-2-5-18(27)29-11-13/h2,5,11-12,14-17,19-21,26,28H,3-4,6-10H2,1H3/t14-,15-,16+,17-,19+,20-,21-,22-,23-,24-/m1/s1. The number of aldehydes is 1. The molecule has 2 N–H and O–H groups in total. The normalized spacial score (nSPS) is 53.8. The van der Waals surface area contributed by atoms with Crippen LogP contribution < -0.4 is 5.63 Å². The number of rotatable bonds is 2. The second kappa shape index (κ2) is 6.05. The maximum Gasteiger partial charge on any atom is 0.335 e. The van der Waals surface area contributed by atoms with E-state index in [0.717, 1.165) is 44.1 Å². The minimum atomic E-state index is -0.639. The Bertz CT molecular complexity index is 921. The van der Waals surface area contributed by atoms with Gasteiger partial charge in [-0.15, -0.1) is 0 Å². The summed E-state index contributed by atoms with van der Waals surface area (Å²) < 4.78 is 11.5. The molecule has 1 aliphatic heterocycles. The fourth-order valence-corrected chi connectivity index (χ4v) is 8.74. The largest absolute Gasteiger partial charge is 0.431 e. The Kier molecular flexibility index (Phi) is 3.87. The molecule has 1 aromatic rings. The molecule has 0 amide bonds. The van der Waals surface area contributed by atoms with E-state index in [4.69, 9.17) is 9.15 Å². The predicted molar refractivity (Wildman–Crippen MR) is 107 cm³/mol. The van der Waals surface area contributed by atoms with Crippen LogP contribution in [0.5, 0.6) is 0 Å². The predicted octanol–water partition coefficient (Wildman–Crippen LogP) is 2.41. The number of aliphatic hydroxyl groups is 2. The summed E-state index contributed by atoms with van der Waals surface area (Å²) in [5, 5.41) is 21.5. The summed E-state index contributed by atoms with van der Waals surface area (Å²) in [6.45, 7) is 2.22. The molecule has 0 bridgehead atoms. The Labute approximate surface area is 175 Å². The van der Waals surface area contributed by atoms with Crippen molar-refractivity contribution in [2.45, 2.75) is 81.7 Å². The number of epoxide rings is 1. The van der Waals surface area contributed by atoms with Gasteiger partial charge in [-0.1, -0.05) is 6.92 Å². The van der Waals surface area contributed by atoms with Crippen LogP contribution in [-0.4, -0.2) is 40.4 Å². The number of carbonyl (C=O) groups is 1. The highest BCUT2D eigenvalue weighted by Gasteiger charge is 2.84. The topological polar surface area (TPSA) is 100 Å². The summed E-state index contributed by atoms with van der Waals surface area (Å²) in [5.41, 5.74) is -0.562. The van der Waals surface area contributed by atoms with E-state index in [2.05, 4.69) is 6.92 Å². The van der Waals surface area contributed by atoms with Gasteiger partial charge in [-0.2, -0.15) is 0 Å². The van der Waals surface area contributed by atoms with Crippen molar-refractivity contribution in [2.75, 3.05) is 0 Å². The first-order valence-electron chi connectivity index (χ1n) is 11.5. The quantitative estimate of drug-likeness (QED) is 0.569. The van der Waals surface area contributed by atoms with Crippen molar-refractivity contribution < 1.29 is 24.2 Å². The van der Waals surface area contributed by atoms with Crippen molar-refractivity contribution in [3.63, 3.8) is 0 Å². The Hall–Kier alpha value is -1.50. The van der Waals surface area contributed by atoms with E-state index in [9.17, 15) is 19.8 Å². The maximum absolute atomic E-state index is 12.5. The maximum atomic E-state index is 12.5. The monoisotopic (exact) mass is 414 g/mol. The van der Waals surface area contributed by atoms with E-state index in [1.54, 1.807) is 6.07 Å². The van der Waals surface area contributed by atoms with E-state index in [0.29, 0.717) is 6.42 Å². The van der Waals surface area contributed by atoms with Gasteiger partial charge < -0.3 is 24.2 Å². The molecule has 0 unspecified atom stereocenters. The van der Waals surface area contributed by atoms with Gasteiger partial charge >= 0.3 is 5.63 Å². The summed E-state index contributed by atoms with van der Waals surface area (Å²) in [4.78, 5) is 24.0. The van der Waals surface area contributed by atoms with Crippen molar-refractivity contribution in [1.82, 2.24) is 0 Å². The van der Waals surface area contributed by atoms with E-state index in [1.807, 2.05) is 0 Å². The average Bonchev–Trinajstić information content (AvgIpc) is 3.45. The second-order valence-electron chi connectivity index (χ2n) is 10.8. The van der Waals surface area contributed by atoms with Gasteiger partial charge in [0.05, 0.1) is 18.5 Å². The Balaban J connectivity index is 1.40. The van der Waals surface area contributed by atoms with E-state index < -0.39 is 11.7 Å². The molecular weight excluding hydrogens is 384 g/mol. The molecule has 1 saturated heterocycles. The zero-order valence-corrected chi connectivity index (χ0v) is 17.3. The lowest BCUT2D eigenvalue weighted by Crippen LogP contribution is -2.59. The SMILES string of the molecule is C[C@]12CC[C@H]3[C@@H](CC[C@@H]4C[C@H](O)CC[C@@]43C=O)[C@]13O[C@@H]3[C@H](O)[C@@H]2c1ccc(=O)oc1. The molecule has 10 atom stereocenters. The van der Waals surface area contributed by atoms with Crippen LogP contribution in [-0.2, 0) is 9.53 Å². The zero-order valence-electron chi connectivity index (χ0n) is 17.3. The summed E-state index contributed by atoms with van der Waals surface area (Å²) >= 11 is 0. The lowest BCUT2D eigenvalue weighted by atomic mass is 9.44. The molecule has 30 heavy (non-hydrogen) atoms. The highest BCUT2D eigenvalue weighted by Crippen LogP contribution is 2.77. The number of hydrogen-bond donors (Lipinski definition) is 2. The molecule has 5 aliphatic rings. The number of carbonyl (C=O) groups excluding carboxylic acids is 1. The third-order valence-corrected chi connectivity index (χ3v) is 9.97. The van der Waals surface area contributed by atoms with Crippen molar-refractivity contribution in [2.24, 2.45) is 28.6 Å². The van der Waals surface area contributed by atoms with E-state index >= 15 is 0 Å². The molecule has 2 heterocycles. The molecule has 162 valence electrons. The van der Waals surface area contributed by atoms with Gasteiger partial charge in [0.2, 0.25) is 0 Å². The molecule has 6 nitrogen and oxygen atoms in total. The molecule has 1 aromatic heterocycles. The minimum absolute atomic E-state index is 0.139. The molecule has 4 aliphatic carbocycles. The lowest BCUT2D eigenvalue weighted by molar-refractivity contribution is -0.159. The van der Waals surface area contributed by atoms with Crippen LogP contribution in [0.25, 0.3) is 0 Å². The number of hydrogen-bond acceptors (Lipinski definition) is 6. The van der Waals surface area contributed by atoms with Crippen LogP contribution in [0.1, 0.15) is 63.4 Å². The Morgan fingerprint density at radius 3 is 2.67 bits per heavy atom. The molecular formula is C24H30O6. The Morgan fingerprint density at radius 2 is 1.93 bits per heavy atom. The van der Waals surface area contributed by atoms with E-state index in [1.165, 1.54) is 18.6 Å². The van der Waals surface area contributed by atoms with Crippen molar-refractivity contribution in [3.05, 3.63) is 34.4 Å². The first-order chi connectivity index (χ1) is 14.4. The first-order valence-corrected chi connectivity index (χ1v) is 11.5. The molecule has 5 fully saturated rings. The van der Waals surface area contributed by atoms with Gasteiger partial charge in [-0.3, -0.25) is 0 Å². The number of ether oxygens (including phenoxy) is 1. The van der Waals surface area contributed by atoms with Gasteiger partial charge in [0.25, 0.3) is 0 Å². The first kappa shape index (κ1) is 19.2. The fraction of sp³-hybridized carbons (Fsp3) is 0.750. The van der Waals surface area contributed by atoms with Crippen molar-refractivity contribution in [3.8, 4) is 0 Å². The highest BCUT2D eigenvalue weighted by atomic mass is 16.6. The van der Waals surface area contributed by atoms with Crippen molar-refractivity contribution in [1.29, 1.82) is 0 Å². The molecule has 0 aromatic carbocycles. The van der Waals surface area contributed by atoms with Crippen LogP contribution in [0.3, 0.4) is 0 Å². The van der Waals surface area contributed by atoms with Gasteiger partial charge in [-0.25, -0.2) is 4.79 Å². The molecule has 0 radical (unpaired) electrons. The third kappa shape index (κ3) is 2.10. The molecule has 1 spiro atoms. The molecule has 6 heteroatoms. The summed E-state index contributed by atoms with van der Waals surface area (Å²) in [5.74, 6) is 0.607. The summed E-state index contributed by atoms with van der Waals surface area (Å²) in [7, 11) is 0. The molecule has 6 rings (SSSR count). The van der Waals surface area contributed by atoms with E-state index in [-0.39, 0.29) is 52.3 Å². The van der Waals surface area contributed by atoms with Crippen LogP contribution >= 0.6 is 0 Å². The van der Waals surface area contributed by atoms with Gasteiger partial charge in [0.1, 0.15) is 18.0 Å². The van der Waals surface area contributed by atoms with Gasteiger partial charge in [0, 0.05) is 22.8 Å². The van der Waals surface area contributed by atoms with Crippen LogP contribution in [0, 0.1) is 28.6 Å². The summed E-state index contributed by atoms with van der Waals surface area (Å²) in [6.07, 6.45) is 7.47. The Morgan fingerprint density at radius 1 is 1.10 bits per heavy atom. The van der Waals surface area contributed by atoms with Crippen LogP contribution in [0.2, 0.25) is 0 Å². The smallest absolute Gasteiger partial charge is 0.335 e. The second-order valence-corrected chi connectivity index (χ2v) is 10.8. The minimum Gasteiger partial charge on any atom is -0.431 e. The van der Waals surface area contributed by atoms with Crippen LogP contribution in [0.4, 0.5) is 0 Å². The van der Waals surface area contributed by atoms with Crippen molar-refractivity contribution >= 4 is 6.29 Å². The average molecular weight is 414 g/mol. The third-order valence-electron chi connectivity index (χ3n) is 9.97. The zero-order chi connectivity index (χ0) is 20.9. The van der Waals surface area contributed by atoms with Gasteiger partial charge in [-0.05, 0) is 74.3 Å². The summed E-state index contributed by atoms with van der Waals surface area (Å²) in [6, 6.07) is 3.20. The number of fused-ring (bicyclic) bond motifs is 3. The molecule has 4 saturated carbocycles. The lowest BCUT2D eigenvalue weighted by Gasteiger charge is -2.60.